The number of Topliss-reactive ketones (excluding diaryl/α,β-unsaturated/α-hetero) is 2. The first-order valence-corrected chi connectivity index (χ1v) is 11.1. The van der Waals surface area contributed by atoms with Crippen LogP contribution in [0.4, 0.5) is 0 Å². The zero-order valence-corrected chi connectivity index (χ0v) is 18.2. The predicted octanol–water partition coefficient (Wildman–Crippen LogP) is 6.51. The van der Waals surface area contributed by atoms with Crippen LogP contribution < -0.4 is 0 Å². The third-order valence-corrected chi connectivity index (χ3v) is 6.27. The number of carbonyl (C=O) groups excluding carboxylic acids is 2. The highest BCUT2D eigenvalue weighted by Gasteiger charge is 2.63. The van der Waals surface area contributed by atoms with E-state index in [2.05, 4.69) is 43.3 Å². The van der Waals surface area contributed by atoms with Gasteiger partial charge in [-0.25, -0.2) is 0 Å². The van der Waals surface area contributed by atoms with Gasteiger partial charge in [0.2, 0.25) is 0 Å². The van der Waals surface area contributed by atoms with Crippen molar-refractivity contribution in [2.24, 2.45) is 5.92 Å². The summed E-state index contributed by atoms with van der Waals surface area (Å²) in [5, 5.41) is 0. The molecule has 0 heterocycles. The fourth-order valence-corrected chi connectivity index (χ4v) is 4.96. The Hall–Kier alpha value is -3.26. The smallest absolute Gasteiger partial charge is 0.144 e. The van der Waals surface area contributed by atoms with Gasteiger partial charge in [0.15, 0.2) is 0 Å². The van der Waals surface area contributed by atoms with E-state index in [1.165, 1.54) is 0 Å². The monoisotopic (exact) mass is 408 g/mol. The van der Waals surface area contributed by atoms with Crippen molar-refractivity contribution in [2.45, 2.75) is 38.5 Å². The summed E-state index contributed by atoms with van der Waals surface area (Å²) in [4.78, 5) is 26.6. The Morgan fingerprint density at radius 3 is 1.61 bits per heavy atom. The van der Waals surface area contributed by atoms with Gasteiger partial charge in [0.25, 0.3) is 0 Å². The summed E-state index contributed by atoms with van der Waals surface area (Å²) in [5.41, 5.74) is 4.61. The van der Waals surface area contributed by atoms with E-state index in [1.54, 1.807) is 6.92 Å². The standard InChI is InChI=1S/C29H28O2/c1-3-4-20-25(31)26(21(2)30)29(24-18-12-7-13-19-24)27(22-14-8-5-9-15-22)28(29)23-16-10-6-11-17-23/h5-19,26H,3-4,20H2,1-2H3. The van der Waals surface area contributed by atoms with Gasteiger partial charge in [-0.05, 0) is 41.2 Å². The van der Waals surface area contributed by atoms with Gasteiger partial charge in [0.05, 0.1) is 11.3 Å². The van der Waals surface area contributed by atoms with Crippen molar-refractivity contribution in [1.29, 1.82) is 0 Å². The molecule has 156 valence electrons. The average molecular weight is 409 g/mol. The van der Waals surface area contributed by atoms with Crippen LogP contribution in [0, 0.1) is 5.92 Å². The van der Waals surface area contributed by atoms with E-state index < -0.39 is 11.3 Å². The zero-order chi connectivity index (χ0) is 21.8. The Bertz CT molecular complexity index is 1050. The molecule has 3 aromatic rings. The molecule has 0 fully saturated rings. The Morgan fingerprint density at radius 1 is 0.742 bits per heavy atom. The Kier molecular flexibility index (Phi) is 5.99. The molecule has 0 saturated heterocycles. The van der Waals surface area contributed by atoms with Crippen molar-refractivity contribution >= 4 is 22.7 Å². The summed E-state index contributed by atoms with van der Waals surface area (Å²) in [6.45, 7) is 3.64. The lowest BCUT2D eigenvalue weighted by molar-refractivity contribution is -0.132. The van der Waals surface area contributed by atoms with E-state index in [4.69, 9.17) is 0 Å². The number of ketones is 2. The summed E-state index contributed by atoms with van der Waals surface area (Å²) in [6.07, 6.45) is 2.16. The van der Waals surface area contributed by atoms with Crippen LogP contribution in [0.3, 0.4) is 0 Å². The SMILES string of the molecule is CCCCC(=O)C(C(C)=O)C1(c2ccccc2)C(c2ccccc2)=C1c1ccccc1. The molecule has 1 aliphatic rings. The number of unbranched alkanes of at least 4 members (excludes halogenated alkanes) is 1. The number of allylic oxidation sites excluding steroid dienone is 2. The van der Waals surface area contributed by atoms with Crippen LogP contribution in [0.25, 0.3) is 11.1 Å². The van der Waals surface area contributed by atoms with Crippen molar-refractivity contribution in [3.05, 3.63) is 108 Å². The number of carbonyl (C=O) groups is 2. The fraction of sp³-hybridized carbons (Fsp3) is 0.241. The molecular formula is C29H28O2. The maximum atomic E-state index is 13.5. The Balaban J connectivity index is 1.97. The van der Waals surface area contributed by atoms with Gasteiger partial charge in [-0.3, -0.25) is 9.59 Å². The molecule has 0 aliphatic heterocycles. The third-order valence-electron chi connectivity index (χ3n) is 6.27. The Labute approximate surface area is 184 Å². The highest BCUT2D eigenvalue weighted by molar-refractivity contribution is 6.25. The summed E-state index contributed by atoms with van der Waals surface area (Å²) in [5.74, 6) is -0.742. The second-order valence-corrected chi connectivity index (χ2v) is 8.27. The molecule has 31 heavy (non-hydrogen) atoms. The number of hydrogen-bond acceptors (Lipinski definition) is 2. The fourth-order valence-electron chi connectivity index (χ4n) is 4.96. The van der Waals surface area contributed by atoms with Crippen molar-refractivity contribution in [2.75, 3.05) is 0 Å². The number of rotatable bonds is 9. The van der Waals surface area contributed by atoms with Crippen LogP contribution in [0.1, 0.15) is 49.8 Å². The normalized spacial score (nSPS) is 15.4. The van der Waals surface area contributed by atoms with Crippen molar-refractivity contribution in [3.8, 4) is 0 Å². The van der Waals surface area contributed by atoms with Crippen LogP contribution in [-0.2, 0) is 15.0 Å². The summed E-state index contributed by atoms with van der Waals surface area (Å²) < 4.78 is 0. The molecule has 0 radical (unpaired) electrons. The molecule has 0 aromatic heterocycles. The molecule has 3 aromatic carbocycles. The second kappa shape index (κ2) is 8.85. The number of hydrogen-bond donors (Lipinski definition) is 0. The van der Waals surface area contributed by atoms with Gasteiger partial charge >= 0.3 is 0 Å². The van der Waals surface area contributed by atoms with Crippen molar-refractivity contribution in [1.82, 2.24) is 0 Å². The van der Waals surface area contributed by atoms with E-state index in [0.717, 1.165) is 40.7 Å². The minimum absolute atomic E-state index is 0.0394. The number of benzene rings is 3. The molecular weight excluding hydrogens is 380 g/mol. The first-order chi connectivity index (χ1) is 15.1. The van der Waals surface area contributed by atoms with Crippen LogP contribution >= 0.6 is 0 Å². The van der Waals surface area contributed by atoms with Crippen LogP contribution in [0.15, 0.2) is 91.0 Å². The molecule has 1 atom stereocenters. The van der Waals surface area contributed by atoms with E-state index in [9.17, 15) is 9.59 Å². The first-order valence-electron chi connectivity index (χ1n) is 11.1. The van der Waals surface area contributed by atoms with Gasteiger partial charge in [-0.1, -0.05) is 104 Å². The Morgan fingerprint density at radius 2 is 1.19 bits per heavy atom. The van der Waals surface area contributed by atoms with Gasteiger partial charge in [-0.15, -0.1) is 0 Å². The molecule has 1 unspecified atom stereocenters. The quantitative estimate of drug-likeness (QED) is 0.378. The average Bonchev–Trinajstić information content (AvgIpc) is 3.49. The molecule has 1 aliphatic carbocycles. The maximum absolute atomic E-state index is 13.5. The van der Waals surface area contributed by atoms with Crippen LogP contribution in [0.5, 0.6) is 0 Å². The maximum Gasteiger partial charge on any atom is 0.144 e. The zero-order valence-electron chi connectivity index (χ0n) is 18.2. The summed E-state index contributed by atoms with van der Waals surface area (Å²) >= 11 is 0. The minimum Gasteiger partial charge on any atom is -0.299 e. The lowest BCUT2D eigenvalue weighted by Gasteiger charge is -2.29. The second-order valence-electron chi connectivity index (χ2n) is 8.27. The van der Waals surface area contributed by atoms with Gasteiger partial charge in [0, 0.05) is 6.42 Å². The molecule has 4 rings (SSSR count). The van der Waals surface area contributed by atoms with Crippen LogP contribution in [-0.4, -0.2) is 11.6 Å². The van der Waals surface area contributed by atoms with E-state index in [-0.39, 0.29) is 11.6 Å². The predicted molar refractivity (Wildman–Crippen MR) is 127 cm³/mol. The molecule has 0 saturated carbocycles. The largest absolute Gasteiger partial charge is 0.299 e. The highest BCUT2D eigenvalue weighted by Crippen LogP contribution is 2.68. The topological polar surface area (TPSA) is 34.1 Å². The molecule has 2 heteroatoms. The van der Waals surface area contributed by atoms with E-state index in [1.807, 2.05) is 54.6 Å². The lowest BCUT2D eigenvalue weighted by atomic mass is 9.70. The molecule has 0 spiro atoms. The van der Waals surface area contributed by atoms with Crippen molar-refractivity contribution in [3.63, 3.8) is 0 Å². The molecule has 0 bridgehead atoms. The molecule has 0 amide bonds. The molecule has 0 N–H and O–H groups in total. The van der Waals surface area contributed by atoms with Gasteiger partial charge in [0.1, 0.15) is 11.6 Å². The van der Waals surface area contributed by atoms with Gasteiger partial charge < -0.3 is 0 Å². The highest BCUT2D eigenvalue weighted by atomic mass is 16.1. The van der Waals surface area contributed by atoms with Gasteiger partial charge in [-0.2, -0.15) is 0 Å². The van der Waals surface area contributed by atoms with Crippen LogP contribution in [0.2, 0.25) is 0 Å². The lowest BCUT2D eigenvalue weighted by Crippen LogP contribution is -2.37. The minimum atomic E-state index is -0.722. The first kappa shape index (κ1) is 21.0. The molecule has 2 nitrogen and oxygen atoms in total. The summed E-state index contributed by atoms with van der Waals surface area (Å²) in [7, 11) is 0. The van der Waals surface area contributed by atoms with Crippen molar-refractivity contribution < 1.29 is 9.59 Å². The van der Waals surface area contributed by atoms with E-state index >= 15 is 0 Å². The summed E-state index contributed by atoms with van der Waals surface area (Å²) in [6, 6.07) is 30.4. The third kappa shape index (κ3) is 3.67. The van der Waals surface area contributed by atoms with E-state index in [0.29, 0.717) is 6.42 Å².